The summed E-state index contributed by atoms with van der Waals surface area (Å²) in [5.41, 5.74) is 3.08. The number of nitrogens with one attached hydrogen (secondary N) is 3. The molecule has 0 aliphatic rings. The van der Waals surface area contributed by atoms with Crippen LogP contribution in [0, 0.1) is 6.92 Å². The van der Waals surface area contributed by atoms with Crippen LogP contribution in [0.15, 0.2) is 48.5 Å². The van der Waals surface area contributed by atoms with Crippen molar-refractivity contribution in [3.8, 4) is 5.75 Å². The minimum Gasteiger partial charge on any atom is -0.497 e. The number of hydrogen-bond acceptors (Lipinski definition) is 4. The summed E-state index contributed by atoms with van der Waals surface area (Å²) in [4.78, 5) is 16.4. The number of hydrogen-bond donors (Lipinski definition) is 3. The zero-order chi connectivity index (χ0) is 19.1. The summed E-state index contributed by atoms with van der Waals surface area (Å²) in [7, 11) is 1.59. The number of carbonyl (C=O) groups is 1. The van der Waals surface area contributed by atoms with Gasteiger partial charge in [-0.1, -0.05) is 35.9 Å². The van der Waals surface area contributed by atoms with Crippen LogP contribution < -0.4 is 15.4 Å². The van der Waals surface area contributed by atoms with E-state index < -0.39 is 0 Å². The Hall–Kier alpha value is -3.35. The van der Waals surface area contributed by atoms with Crippen LogP contribution in [0.2, 0.25) is 0 Å². The van der Waals surface area contributed by atoms with Crippen LogP contribution in [0.4, 0.5) is 10.5 Å². The van der Waals surface area contributed by atoms with E-state index in [-0.39, 0.29) is 6.03 Å². The Morgan fingerprint density at radius 1 is 1.19 bits per heavy atom. The molecule has 0 aliphatic carbocycles. The molecule has 7 nitrogen and oxygen atoms in total. The van der Waals surface area contributed by atoms with Gasteiger partial charge in [0.2, 0.25) is 0 Å². The maximum Gasteiger partial charge on any atom is 0.319 e. The van der Waals surface area contributed by atoms with Gasteiger partial charge >= 0.3 is 6.03 Å². The molecule has 0 bridgehead atoms. The second-order valence-corrected chi connectivity index (χ2v) is 6.22. The average molecular weight is 365 g/mol. The quantitative estimate of drug-likeness (QED) is 0.600. The summed E-state index contributed by atoms with van der Waals surface area (Å²) in [6.45, 7) is 2.51. The fraction of sp³-hybridized carbons (Fsp3) is 0.250. The summed E-state index contributed by atoms with van der Waals surface area (Å²) < 4.78 is 5.13. The molecule has 0 radical (unpaired) electrons. The molecule has 27 heavy (non-hydrogen) atoms. The molecule has 1 aromatic heterocycles. The average Bonchev–Trinajstić information content (AvgIpc) is 3.11. The summed E-state index contributed by atoms with van der Waals surface area (Å²) >= 11 is 0. The van der Waals surface area contributed by atoms with Gasteiger partial charge in [-0.15, -0.1) is 0 Å². The van der Waals surface area contributed by atoms with E-state index in [2.05, 4.69) is 57.0 Å². The molecule has 3 aromatic rings. The van der Waals surface area contributed by atoms with Gasteiger partial charge < -0.3 is 15.4 Å². The molecule has 0 atom stereocenters. The summed E-state index contributed by atoms with van der Waals surface area (Å²) in [6, 6.07) is 15.2. The molecule has 0 saturated heterocycles. The first-order chi connectivity index (χ1) is 13.1. The normalized spacial score (nSPS) is 10.4. The number of H-pyrrole nitrogens is 1. The van der Waals surface area contributed by atoms with Gasteiger partial charge in [0, 0.05) is 31.1 Å². The number of anilines is 1. The molecule has 1 heterocycles. The highest BCUT2D eigenvalue weighted by molar-refractivity contribution is 5.89. The molecular weight excluding hydrogens is 342 g/mol. The molecular formula is C20H23N5O2. The maximum atomic E-state index is 12.0. The van der Waals surface area contributed by atoms with Crippen molar-refractivity contribution in [2.75, 3.05) is 19.0 Å². The molecule has 3 N–H and O–H groups in total. The van der Waals surface area contributed by atoms with Gasteiger partial charge in [-0.25, -0.2) is 9.78 Å². The lowest BCUT2D eigenvalue weighted by atomic mass is 10.1. The summed E-state index contributed by atoms with van der Waals surface area (Å²) in [5.74, 6) is 2.18. The molecule has 140 valence electrons. The highest BCUT2D eigenvalue weighted by Crippen LogP contribution is 2.16. The second-order valence-electron chi connectivity index (χ2n) is 6.22. The molecule has 3 rings (SSSR count). The molecule has 0 aliphatic heterocycles. The van der Waals surface area contributed by atoms with Gasteiger partial charge in [-0.05, 0) is 24.6 Å². The van der Waals surface area contributed by atoms with E-state index in [0.717, 1.165) is 5.82 Å². The smallest absolute Gasteiger partial charge is 0.319 e. The largest absolute Gasteiger partial charge is 0.497 e. The van der Waals surface area contributed by atoms with Crippen molar-refractivity contribution in [2.24, 2.45) is 0 Å². The third-order valence-corrected chi connectivity index (χ3v) is 4.03. The second kappa shape index (κ2) is 8.84. The predicted octanol–water partition coefficient (Wildman–Crippen LogP) is 3.08. The standard InChI is InChI=1S/C20H23N5O2/c1-14-6-8-15(9-7-14)12-19-23-18(24-25-19)10-11-21-20(26)22-16-4-3-5-17(13-16)27-2/h3-9,13H,10-12H2,1-2H3,(H2,21,22,26)(H,23,24,25). The highest BCUT2D eigenvalue weighted by atomic mass is 16.5. The van der Waals surface area contributed by atoms with E-state index in [1.54, 1.807) is 19.2 Å². The van der Waals surface area contributed by atoms with E-state index >= 15 is 0 Å². The van der Waals surface area contributed by atoms with Crippen molar-refractivity contribution in [3.63, 3.8) is 0 Å². The molecule has 2 aromatic carbocycles. The molecule has 0 fully saturated rings. The number of aromatic amines is 1. The minimum absolute atomic E-state index is 0.279. The number of amides is 2. The van der Waals surface area contributed by atoms with E-state index in [0.29, 0.717) is 36.6 Å². The first-order valence-corrected chi connectivity index (χ1v) is 8.77. The molecule has 0 saturated carbocycles. The minimum atomic E-state index is -0.279. The predicted molar refractivity (Wildman–Crippen MR) is 104 cm³/mol. The van der Waals surface area contributed by atoms with Gasteiger partial charge in [0.15, 0.2) is 5.82 Å². The zero-order valence-corrected chi connectivity index (χ0v) is 15.5. The lowest BCUT2D eigenvalue weighted by Gasteiger charge is -2.08. The SMILES string of the molecule is COc1cccc(NC(=O)NCCc2n[nH]c(Cc3ccc(C)cc3)n2)c1. The van der Waals surface area contributed by atoms with Crippen molar-refractivity contribution < 1.29 is 9.53 Å². The van der Waals surface area contributed by atoms with Crippen LogP contribution in [-0.2, 0) is 12.8 Å². The Bertz CT molecular complexity index is 889. The Morgan fingerprint density at radius 2 is 2.00 bits per heavy atom. The van der Waals surface area contributed by atoms with Gasteiger partial charge in [-0.2, -0.15) is 5.10 Å². The zero-order valence-electron chi connectivity index (χ0n) is 15.5. The van der Waals surface area contributed by atoms with Crippen LogP contribution in [0.5, 0.6) is 5.75 Å². The number of urea groups is 1. The number of ether oxygens (including phenoxy) is 1. The van der Waals surface area contributed by atoms with Gasteiger partial charge in [0.1, 0.15) is 11.6 Å². The maximum absolute atomic E-state index is 12.0. The first-order valence-electron chi connectivity index (χ1n) is 8.77. The fourth-order valence-electron chi connectivity index (χ4n) is 2.59. The van der Waals surface area contributed by atoms with E-state index in [1.807, 2.05) is 12.1 Å². The lowest BCUT2D eigenvalue weighted by Crippen LogP contribution is -2.30. The summed E-state index contributed by atoms with van der Waals surface area (Å²) in [5, 5.41) is 12.7. The van der Waals surface area contributed by atoms with Crippen LogP contribution >= 0.6 is 0 Å². The van der Waals surface area contributed by atoms with Crippen LogP contribution in [-0.4, -0.2) is 34.9 Å². The van der Waals surface area contributed by atoms with Crippen molar-refractivity contribution in [3.05, 3.63) is 71.3 Å². The van der Waals surface area contributed by atoms with Gasteiger partial charge in [-0.3, -0.25) is 5.10 Å². The van der Waals surface area contributed by atoms with Crippen molar-refractivity contribution in [2.45, 2.75) is 19.8 Å². The Labute approximate surface area is 158 Å². The number of methoxy groups -OCH3 is 1. The molecule has 2 amide bonds. The third-order valence-electron chi connectivity index (χ3n) is 4.03. The van der Waals surface area contributed by atoms with E-state index in [1.165, 1.54) is 11.1 Å². The van der Waals surface area contributed by atoms with Crippen molar-refractivity contribution in [1.29, 1.82) is 0 Å². The topological polar surface area (TPSA) is 91.9 Å². The molecule has 7 heteroatoms. The first kappa shape index (κ1) is 18.4. The van der Waals surface area contributed by atoms with Crippen LogP contribution in [0.25, 0.3) is 0 Å². The highest BCUT2D eigenvalue weighted by Gasteiger charge is 2.06. The third kappa shape index (κ3) is 5.57. The number of benzene rings is 2. The summed E-state index contributed by atoms with van der Waals surface area (Å²) in [6.07, 6.45) is 1.26. The van der Waals surface area contributed by atoms with Crippen molar-refractivity contribution in [1.82, 2.24) is 20.5 Å². The Morgan fingerprint density at radius 3 is 2.78 bits per heavy atom. The van der Waals surface area contributed by atoms with Gasteiger partial charge in [0.05, 0.1) is 7.11 Å². The molecule has 0 unspecified atom stereocenters. The number of nitrogens with zero attached hydrogens (tertiary/aromatic N) is 2. The Balaban J connectivity index is 1.44. The lowest BCUT2D eigenvalue weighted by molar-refractivity contribution is 0.252. The Kier molecular flexibility index (Phi) is 6.04. The van der Waals surface area contributed by atoms with Gasteiger partial charge in [0.25, 0.3) is 0 Å². The van der Waals surface area contributed by atoms with E-state index in [9.17, 15) is 4.79 Å². The van der Waals surface area contributed by atoms with E-state index in [4.69, 9.17) is 4.74 Å². The molecule has 0 spiro atoms. The number of carbonyl (C=O) groups excluding carboxylic acids is 1. The monoisotopic (exact) mass is 365 g/mol. The number of aromatic nitrogens is 3. The fourth-order valence-corrected chi connectivity index (χ4v) is 2.59. The number of rotatable bonds is 7. The van der Waals surface area contributed by atoms with Crippen LogP contribution in [0.1, 0.15) is 22.8 Å². The number of aryl methyl sites for hydroxylation is 1. The van der Waals surface area contributed by atoms with Crippen LogP contribution in [0.3, 0.4) is 0 Å². The van der Waals surface area contributed by atoms with Crippen molar-refractivity contribution >= 4 is 11.7 Å².